The number of carbonyl (C=O) groups is 1. The van der Waals surface area contributed by atoms with Gasteiger partial charge in [-0.25, -0.2) is 0 Å². The highest BCUT2D eigenvalue weighted by Crippen LogP contribution is 2.06. The lowest BCUT2D eigenvalue weighted by Gasteiger charge is -1.94. The molecule has 1 aromatic carbocycles. The van der Waals surface area contributed by atoms with Gasteiger partial charge in [-0.1, -0.05) is 61.2 Å². The number of rotatable bonds is 4. The van der Waals surface area contributed by atoms with Gasteiger partial charge in [0.15, 0.2) is 5.78 Å². The summed E-state index contributed by atoms with van der Waals surface area (Å²) in [5, 5.41) is 0. The minimum absolute atomic E-state index is 0.0436. The Bertz CT molecular complexity index is 397. The van der Waals surface area contributed by atoms with Crippen LogP contribution in [0.3, 0.4) is 0 Å². The second-order valence-electron chi connectivity index (χ2n) is 3.16. The highest BCUT2D eigenvalue weighted by molar-refractivity contribution is 5.97. The Balaban J connectivity index is 2.84. The fraction of sp³-hybridized carbons (Fsp3) is 0.0714. The predicted molar refractivity (Wildman–Crippen MR) is 64.4 cm³/mol. The van der Waals surface area contributed by atoms with Gasteiger partial charge in [0, 0.05) is 5.57 Å². The zero-order valence-corrected chi connectivity index (χ0v) is 8.81. The molecule has 0 atom stereocenters. The van der Waals surface area contributed by atoms with Crippen molar-refractivity contribution in [2.24, 2.45) is 0 Å². The van der Waals surface area contributed by atoms with Crippen molar-refractivity contribution in [3.8, 4) is 0 Å². The van der Waals surface area contributed by atoms with Gasteiger partial charge < -0.3 is 0 Å². The monoisotopic (exact) mass is 198 g/mol. The van der Waals surface area contributed by atoms with Crippen LogP contribution < -0.4 is 0 Å². The van der Waals surface area contributed by atoms with Crippen LogP contribution in [-0.2, 0) is 4.79 Å². The van der Waals surface area contributed by atoms with Gasteiger partial charge in [0.2, 0.25) is 0 Å². The number of allylic oxidation sites excluding steroid dienone is 4. The molecule has 0 amide bonds. The number of carbonyl (C=O) groups excluding carboxylic acids is 1. The zero-order chi connectivity index (χ0) is 11.1. The predicted octanol–water partition coefficient (Wildman–Crippen LogP) is 3.40. The summed E-state index contributed by atoms with van der Waals surface area (Å²) in [5.74, 6) is 0.0436. The van der Waals surface area contributed by atoms with Crippen molar-refractivity contribution < 1.29 is 4.79 Å². The third-order valence-corrected chi connectivity index (χ3v) is 1.96. The molecular formula is C14H14O. The van der Waals surface area contributed by atoms with Crippen LogP contribution >= 0.6 is 0 Å². The van der Waals surface area contributed by atoms with Gasteiger partial charge in [-0.15, -0.1) is 0 Å². The number of hydrogen-bond donors (Lipinski definition) is 0. The quantitative estimate of drug-likeness (QED) is 0.535. The number of benzene rings is 1. The summed E-state index contributed by atoms with van der Waals surface area (Å²) in [7, 11) is 0. The summed E-state index contributed by atoms with van der Waals surface area (Å²) in [6, 6.07) is 9.86. The molecule has 76 valence electrons. The van der Waals surface area contributed by atoms with E-state index in [4.69, 9.17) is 0 Å². The molecule has 15 heavy (non-hydrogen) atoms. The van der Waals surface area contributed by atoms with Crippen molar-refractivity contribution in [3.63, 3.8) is 0 Å². The first-order valence-electron chi connectivity index (χ1n) is 4.81. The largest absolute Gasteiger partial charge is 0.295 e. The minimum atomic E-state index is 0.0436. The third-order valence-electron chi connectivity index (χ3n) is 1.96. The maximum Gasteiger partial charge on any atom is 0.159 e. The van der Waals surface area contributed by atoms with Crippen LogP contribution in [0.4, 0.5) is 0 Å². The fourth-order valence-electron chi connectivity index (χ4n) is 1.17. The number of Topliss-reactive ketones (excluding diaryl/α,β-unsaturated/α-hetero) is 1. The molecule has 1 heteroatoms. The molecular weight excluding hydrogens is 184 g/mol. The van der Waals surface area contributed by atoms with Crippen LogP contribution in [0.5, 0.6) is 0 Å². The lowest BCUT2D eigenvalue weighted by molar-refractivity contribution is -0.113. The second-order valence-corrected chi connectivity index (χ2v) is 3.16. The lowest BCUT2D eigenvalue weighted by Crippen LogP contribution is -1.91. The highest BCUT2D eigenvalue weighted by atomic mass is 16.1. The Labute approximate surface area is 90.4 Å². The van der Waals surface area contributed by atoms with Gasteiger partial charge in [-0.05, 0) is 12.5 Å². The van der Waals surface area contributed by atoms with Crippen LogP contribution in [0.15, 0.2) is 60.7 Å². The molecule has 0 N–H and O–H groups in total. The summed E-state index contributed by atoms with van der Waals surface area (Å²) >= 11 is 0. The zero-order valence-electron chi connectivity index (χ0n) is 8.81. The van der Waals surface area contributed by atoms with E-state index in [1.54, 1.807) is 25.2 Å². The van der Waals surface area contributed by atoms with Gasteiger partial charge in [-0.3, -0.25) is 4.79 Å². The molecule has 0 aliphatic heterocycles. The second kappa shape index (κ2) is 5.76. The summed E-state index contributed by atoms with van der Waals surface area (Å²) in [6.07, 6.45) is 7.05. The average Bonchev–Trinajstić information content (AvgIpc) is 2.25. The lowest BCUT2D eigenvalue weighted by atomic mass is 10.1. The normalized spacial score (nSPS) is 11.7. The molecule has 0 saturated heterocycles. The van der Waals surface area contributed by atoms with E-state index >= 15 is 0 Å². The van der Waals surface area contributed by atoms with Crippen molar-refractivity contribution >= 4 is 11.9 Å². The molecule has 0 unspecified atom stereocenters. The van der Waals surface area contributed by atoms with Crippen molar-refractivity contribution in [1.29, 1.82) is 0 Å². The summed E-state index contributed by atoms with van der Waals surface area (Å²) in [4.78, 5) is 11.2. The van der Waals surface area contributed by atoms with Gasteiger partial charge in [0.1, 0.15) is 0 Å². The van der Waals surface area contributed by atoms with Gasteiger partial charge in [-0.2, -0.15) is 0 Å². The van der Waals surface area contributed by atoms with Gasteiger partial charge in [0.25, 0.3) is 0 Å². The Kier molecular flexibility index (Phi) is 4.30. The van der Waals surface area contributed by atoms with E-state index in [0.717, 1.165) is 5.56 Å². The molecule has 0 heterocycles. The average molecular weight is 198 g/mol. The van der Waals surface area contributed by atoms with E-state index in [2.05, 4.69) is 6.58 Å². The van der Waals surface area contributed by atoms with Crippen molar-refractivity contribution in [2.45, 2.75) is 6.92 Å². The Morgan fingerprint density at radius 3 is 2.47 bits per heavy atom. The molecule has 1 nitrogen and oxygen atoms in total. The maximum atomic E-state index is 11.2. The van der Waals surface area contributed by atoms with Crippen molar-refractivity contribution in [2.75, 3.05) is 0 Å². The minimum Gasteiger partial charge on any atom is -0.295 e. The Hall–Kier alpha value is -1.89. The summed E-state index contributed by atoms with van der Waals surface area (Å²) in [6.45, 7) is 5.12. The molecule has 0 aliphatic carbocycles. The third kappa shape index (κ3) is 3.77. The van der Waals surface area contributed by atoms with Crippen molar-refractivity contribution in [1.82, 2.24) is 0 Å². The first-order valence-corrected chi connectivity index (χ1v) is 4.81. The maximum absolute atomic E-state index is 11.2. The van der Waals surface area contributed by atoms with E-state index in [0.29, 0.717) is 5.57 Å². The van der Waals surface area contributed by atoms with Crippen LogP contribution in [0.25, 0.3) is 6.08 Å². The van der Waals surface area contributed by atoms with E-state index in [9.17, 15) is 4.79 Å². The topological polar surface area (TPSA) is 17.1 Å². The van der Waals surface area contributed by atoms with E-state index in [1.165, 1.54) is 0 Å². The number of hydrogen-bond acceptors (Lipinski definition) is 1. The van der Waals surface area contributed by atoms with E-state index in [-0.39, 0.29) is 5.78 Å². The molecule has 0 saturated carbocycles. The molecule has 0 radical (unpaired) electrons. The molecule has 0 aromatic heterocycles. The molecule has 1 aromatic rings. The Morgan fingerprint density at radius 1 is 1.27 bits per heavy atom. The van der Waals surface area contributed by atoms with Gasteiger partial charge in [0.05, 0.1) is 0 Å². The molecule has 0 fully saturated rings. The fourth-order valence-corrected chi connectivity index (χ4v) is 1.17. The molecule has 0 spiro atoms. The van der Waals surface area contributed by atoms with Crippen molar-refractivity contribution in [3.05, 3.63) is 66.3 Å². The highest BCUT2D eigenvalue weighted by Gasteiger charge is 1.96. The summed E-state index contributed by atoms with van der Waals surface area (Å²) in [5.41, 5.74) is 1.74. The van der Waals surface area contributed by atoms with Crippen LogP contribution in [0.1, 0.15) is 12.5 Å². The Morgan fingerprint density at radius 2 is 1.93 bits per heavy atom. The standard InChI is InChI=1S/C14H14O/c1-3-7-14(12(2)15)11-10-13-8-5-4-6-9-13/h3-11H,1H2,2H3. The smallest absolute Gasteiger partial charge is 0.159 e. The first kappa shape index (κ1) is 11.2. The molecule has 0 bridgehead atoms. The van der Waals surface area contributed by atoms with Crippen LogP contribution in [0.2, 0.25) is 0 Å². The molecule has 1 rings (SSSR count). The van der Waals surface area contributed by atoms with E-state index in [1.807, 2.05) is 36.4 Å². The molecule has 0 aliphatic rings. The number of ketones is 1. The van der Waals surface area contributed by atoms with Crippen LogP contribution in [0, 0.1) is 0 Å². The van der Waals surface area contributed by atoms with E-state index < -0.39 is 0 Å². The van der Waals surface area contributed by atoms with Crippen LogP contribution in [-0.4, -0.2) is 5.78 Å². The first-order chi connectivity index (χ1) is 7.24. The SMILES string of the molecule is C=CC=C(C=Cc1ccccc1)C(C)=O. The summed E-state index contributed by atoms with van der Waals surface area (Å²) < 4.78 is 0. The van der Waals surface area contributed by atoms with Gasteiger partial charge >= 0.3 is 0 Å².